The summed E-state index contributed by atoms with van der Waals surface area (Å²) in [5, 5.41) is 16.9. The van der Waals surface area contributed by atoms with Crippen LogP contribution in [0.4, 0.5) is 46.5 Å². The number of hydrogen-bond acceptors (Lipinski definition) is 25. The van der Waals surface area contributed by atoms with Gasteiger partial charge in [-0.3, -0.25) is 48.9 Å². The molecule has 0 bridgehead atoms. The van der Waals surface area contributed by atoms with Gasteiger partial charge in [-0.1, -0.05) is 52.0 Å². The Kier molecular flexibility index (Phi) is 30.1. The number of amides is 4. The molecule has 5 aliphatic rings. The number of ether oxygens (including phenoxy) is 1. The van der Waals surface area contributed by atoms with Gasteiger partial charge in [-0.25, -0.2) is 39.9 Å². The second kappa shape index (κ2) is 44.5. The summed E-state index contributed by atoms with van der Waals surface area (Å²) in [7, 11) is 2.10. The van der Waals surface area contributed by atoms with E-state index in [2.05, 4.69) is 155 Å². The summed E-state index contributed by atoms with van der Waals surface area (Å²) in [6.45, 7) is 25.8. The van der Waals surface area contributed by atoms with E-state index in [0.717, 1.165) is 256 Å². The molecule has 8 N–H and O–H groups in total. The van der Waals surface area contributed by atoms with Gasteiger partial charge in [0, 0.05) is 207 Å². The van der Waals surface area contributed by atoms with Crippen molar-refractivity contribution in [1.29, 1.82) is 0 Å². The SMILES string of the molecule is CCN(CC)C1CN(C(=O)c2cc3cc(Nc4nccc(-c5ccccn5)n4)ccc3[nH]2)C1.CCN(CC)CCOCCC1CCN(C(=O)c2cc3cc(Nc4nccc(-c5ccccn5)n4)ccc3[nH]2)CC1.CN1CCCN(C(=O)c2cc3cc(Nc4nccc(-c5ccccn5)n4)ccc3[nH]2)CC1.O=C(c1cc2cc(Nc3nccc(-c4ccccn4)n3)ccc2[nH]1)N1CCN2CCCC2C1. The van der Waals surface area contributed by atoms with E-state index in [9.17, 15) is 19.2 Å². The predicted octanol–water partition coefficient (Wildman–Crippen LogP) is 16.5. The number of aromatic nitrogens is 16. The van der Waals surface area contributed by atoms with Crippen molar-refractivity contribution in [2.24, 2.45) is 5.92 Å². The fourth-order valence-electron chi connectivity index (χ4n) is 18.3. The number of nitrogens with zero attached hydrogens (tertiary/aromatic N) is 20. The van der Waals surface area contributed by atoms with Crippen molar-refractivity contribution in [3.8, 4) is 45.6 Å². The van der Waals surface area contributed by atoms with Crippen LogP contribution in [0.5, 0.6) is 0 Å². The number of pyridine rings is 4. The molecular weight excluding hydrogens is 1730 g/mol. The molecule has 0 saturated carbocycles. The maximum absolute atomic E-state index is 13.3. The van der Waals surface area contributed by atoms with Crippen molar-refractivity contribution in [3.63, 3.8) is 0 Å². The second-order valence-corrected chi connectivity index (χ2v) is 35.1. The molecule has 4 amide bonds. The lowest BCUT2D eigenvalue weighted by atomic mass is 9.94. The lowest BCUT2D eigenvalue weighted by molar-refractivity contribution is 0.0291. The van der Waals surface area contributed by atoms with Gasteiger partial charge in [-0.2, -0.15) is 0 Å². The van der Waals surface area contributed by atoms with Gasteiger partial charge in [0.1, 0.15) is 22.8 Å². The number of piperidine rings is 1. The second-order valence-electron chi connectivity index (χ2n) is 35.1. The largest absolute Gasteiger partial charge is 0.380 e. The van der Waals surface area contributed by atoms with Gasteiger partial charge in [0.15, 0.2) is 0 Å². The Labute approximate surface area is 801 Å². The van der Waals surface area contributed by atoms with Gasteiger partial charge in [-0.15, -0.1) is 0 Å². The summed E-state index contributed by atoms with van der Waals surface area (Å²) in [6, 6.07) is 62.6. The fourth-order valence-corrected chi connectivity index (χ4v) is 18.3. The Morgan fingerprint density at radius 1 is 0.355 bits per heavy atom. The highest BCUT2D eigenvalue weighted by atomic mass is 16.5. The molecule has 33 nitrogen and oxygen atoms in total. The highest BCUT2D eigenvalue weighted by Gasteiger charge is 2.36. The van der Waals surface area contributed by atoms with Crippen molar-refractivity contribution in [2.75, 3.05) is 153 Å². The number of fused-ring (bicyclic) bond motifs is 5. The summed E-state index contributed by atoms with van der Waals surface area (Å²) in [5.41, 5.74) is 15.8. The van der Waals surface area contributed by atoms with Crippen LogP contribution in [0.25, 0.3) is 89.2 Å². The van der Waals surface area contributed by atoms with E-state index in [4.69, 9.17) is 4.74 Å². The summed E-state index contributed by atoms with van der Waals surface area (Å²) in [5.74, 6) is 2.84. The highest BCUT2D eigenvalue weighted by Crippen LogP contribution is 2.33. The molecule has 21 rings (SSSR count). The zero-order valence-electron chi connectivity index (χ0n) is 78.5. The molecule has 16 aromatic rings. The van der Waals surface area contributed by atoms with Crippen LogP contribution in [-0.2, 0) is 4.74 Å². The molecule has 4 aromatic carbocycles. The molecule has 17 heterocycles. The number of rotatable bonds is 27. The number of benzene rings is 4. The van der Waals surface area contributed by atoms with Crippen LogP contribution >= 0.6 is 0 Å². The molecule has 0 spiro atoms. The number of piperazine rings is 1. The first-order valence-electron chi connectivity index (χ1n) is 47.9. The van der Waals surface area contributed by atoms with E-state index in [1.165, 1.54) is 19.4 Å². The zero-order valence-corrected chi connectivity index (χ0v) is 78.5. The number of carbonyl (C=O) groups is 4. The van der Waals surface area contributed by atoms with Crippen molar-refractivity contribution in [2.45, 2.75) is 78.3 Å². The molecule has 706 valence electrons. The number of likely N-dealkylation sites (N-methyl/N-ethyl adjacent to an activating group) is 3. The summed E-state index contributed by atoms with van der Waals surface area (Å²) >= 11 is 0. The van der Waals surface area contributed by atoms with Gasteiger partial charge in [0.25, 0.3) is 23.6 Å². The number of likely N-dealkylation sites (tertiary alicyclic amines) is 2. The van der Waals surface area contributed by atoms with Crippen molar-refractivity contribution >= 4 is 114 Å². The van der Waals surface area contributed by atoms with Gasteiger partial charge >= 0.3 is 0 Å². The van der Waals surface area contributed by atoms with Crippen molar-refractivity contribution in [3.05, 3.63) is 266 Å². The van der Waals surface area contributed by atoms with E-state index in [0.29, 0.717) is 64.6 Å². The smallest absolute Gasteiger partial charge is 0.270 e. The standard InChI is InChI=1S/C31H39N7O2.C25H25N7O.C25H27N7O.C24H25N7O/c1-3-37(4-2)18-20-40-19-13-23-11-16-38(17-12-23)30(39)29-22-24-21-25(8-9-26(24)35-29)34-31-33-15-10-28(36-31)27-7-5-6-14-32-27;33-24(32-13-12-31-11-3-4-19(31)16-32)23-15-17-14-18(6-7-20(17)29-23)28-25-27-10-8-22(30-25)21-5-1-2-9-26-21;1-3-31(4-2)19-15-32(16-19)24(33)23-14-17-13-18(8-9-20(17)29-23)28-25-27-12-10-22(30-25)21-7-5-6-11-26-21;1-30-11-4-12-31(14-13-30)23(32)22-16-17-15-18(6-7-19(17)28-22)27-24-26-10-8-21(29-24)20-5-2-3-9-25-20/h5-10,14-15,21-23,35H,3-4,11-13,16-20H2,1-2H3,(H,33,34,36);1-2,5-10,14-15,19,29H,3-4,11-13,16H2,(H,27,28,30);5-14,19,29H,3-4,15-16H2,1-2H3,(H,27,28,30);2-3,5-10,15-16,28H,4,11-14H2,1H3,(H,26,27,29). The molecule has 0 aliphatic carbocycles. The maximum atomic E-state index is 13.3. The molecule has 12 aromatic heterocycles. The first kappa shape index (κ1) is 93.3. The van der Waals surface area contributed by atoms with Crippen LogP contribution in [0.15, 0.2) is 244 Å². The molecule has 1 unspecified atom stereocenters. The highest BCUT2D eigenvalue weighted by molar-refractivity contribution is 6.02. The van der Waals surface area contributed by atoms with Crippen molar-refractivity contribution in [1.82, 2.24) is 119 Å². The maximum Gasteiger partial charge on any atom is 0.270 e. The van der Waals surface area contributed by atoms with Crippen LogP contribution in [0, 0.1) is 5.92 Å². The van der Waals surface area contributed by atoms with Crippen LogP contribution in [0.1, 0.15) is 108 Å². The summed E-state index contributed by atoms with van der Waals surface area (Å²) < 4.78 is 5.88. The van der Waals surface area contributed by atoms with Gasteiger partial charge < -0.3 is 75.3 Å². The van der Waals surface area contributed by atoms with E-state index in [1.54, 1.807) is 49.6 Å². The Hall–Kier alpha value is -15.2. The first-order chi connectivity index (χ1) is 67.6. The summed E-state index contributed by atoms with van der Waals surface area (Å²) in [6.07, 6.45) is 20.4. The van der Waals surface area contributed by atoms with Crippen molar-refractivity contribution < 1.29 is 23.9 Å². The van der Waals surface area contributed by atoms with Gasteiger partial charge in [-0.05, 0) is 261 Å². The number of carbonyl (C=O) groups excluding carboxylic acids is 4. The Bertz CT molecular complexity index is 6800. The van der Waals surface area contributed by atoms with Crippen LogP contribution in [0.2, 0.25) is 0 Å². The normalized spacial score (nSPS) is 15.3. The lowest BCUT2D eigenvalue weighted by Gasteiger charge is -2.44. The third-order valence-electron chi connectivity index (χ3n) is 26.1. The number of hydrogen-bond donors (Lipinski definition) is 8. The average Bonchev–Trinajstić information content (AvgIpc) is 1.21. The quantitative estimate of drug-likeness (QED) is 0.0222. The van der Waals surface area contributed by atoms with E-state index in [-0.39, 0.29) is 23.6 Å². The zero-order chi connectivity index (χ0) is 94.6. The third kappa shape index (κ3) is 23.3. The minimum atomic E-state index is 0.0514. The van der Waals surface area contributed by atoms with Gasteiger partial charge in [0.2, 0.25) is 23.8 Å². The number of aromatic amines is 4. The van der Waals surface area contributed by atoms with E-state index in [1.807, 2.05) is 214 Å². The minimum Gasteiger partial charge on any atom is -0.380 e. The Morgan fingerprint density at radius 3 is 1.12 bits per heavy atom. The molecule has 5 aliphatic heterocycles. The van der Waals surface area contributed by atoms with Gasteiger partial charge in [0.05, 0.1) is 52.2 Å². The third-order valence-corrected chi connectivity index (χ3v) is 26.1. The number of anilines is 8. The predicted molar refractivity (Wildman–Crippen MR) is 540 cm³/mol. The molecule has 5 fully saturated rings. The first-order valence-corrected chi connectivity index (χ1v) is 47.9. The monoisotopic (exact) mass is 1850 g/mol. The molecule has 138 heavy (non-hydrogen) atoms. The Morgan fingerprint density at radius 2 is 0.739 bits per heavy atom. The molecule has 1 atom stereocenters. The summed E-state index contributed by atoms with van der Waals surface area (Å²) in [4.78, 5) is 136. The number of H-pyrrole nitrogens is 4. The topological polar surface area (TPSA) is 369 Å². The van der Waals surface area contributed by atoms with E-state index >= 15 is 0 Å². The molecule has 33 heteroatoms. The van der Waals surface area contributed by atoms with Crippen LogP contribution in [0.3, 0.4) is 0 Å². The average molecular weight is 1850 g/mol. The lowest BCUT2D eigenvalue weighted by Crippen LogP contribution is -2.61. The van der Waals surface area contributed by atoms with E-state index < -0.39 is 0 Å². The minimum absolute atomic E-state index is 0.0514. The molecular formula is C105H116N28O5. The van der Waals surface area contributed by atoms with Crippen LogP contribution in [-0.4, -0.2) is 286 Å². The Balaban J connectivity index is 0.000000123. The fraction of sp³-hybridized carbons (Fsp3) is 0.314. The van der Waals surface area contributed by atoms with Crippen LogP contribution < -0.4 is 21.3 Å². The number of nitrogens with one attached hydrogen (secondary N) is 8. The molecule has 5 saturated heterocycles. The molecule has 0 radical (unpaired) electrons.